The summed E-state index contributed by atoms with van der Waals surface area (Å²) in [6, 6.07) is 4.49. The lowest BCUT2D eigenvalue weighted by Crippen LogP contribution is -2.28. The van der Waals surface area contributed by atoms with Crippen molar-refractivity contribution in [3.05, 3.63) is 28.5 Å². The summed E-state index contributed by atoms with van der Waals surface area (Å²) < 4.78 is 13.4. The van der Waals surface area contributed by atoms with Crippen LogP contribution >= 0.6 is 15.9 Å². The Hall–Kier alpha value is -0.940. The number of halogens is 2. The third-order valence-electron chi connectivity index (χ3n) is 3.44. The van der Waals surface area contributed by atoms with Crippen LogP contribution in [0, 0.1) is 11.7 Å². The number of carbonyl (C=O) groups excluding carboxylic acids is 1. The second kappa shape index (κ2) is 7.01. The van der Waals surface area contributed by atoms with Crippen LogP contribution < -0.4 is 10.6 Å². The Balaban J connectivity index is 1.78. The van der Waals surface area contributed by atoms with E-state index in [1.807, 2.05) is 0 Å². The first kappa shape index (κ1) is 14.5. The van der Waals surface area contributed by atoms with E-state index in [1.54, 1.807) is 12.1 Å². The normalized spacial score (nSPS) is 16.3. The van der Waals surface area contributed by atoms with E-state index >= 15 is 0 Å². The third kappa shape index (κ3) is 4.58. The number of amides is 1. The maximum atomic E-state index is 13.1. The Morgan fingerprint density at radius 1 is 1.42 bits per heavy atom. The molecule has 0 aromatic heterocycles. The molecular formula is C14H18BrFN2O. The van der Waals surface area contributed by atoms with Gasteiger partial charge in [-0.2, -0.15) is 0 Å². The highest BCUT2D eigenvalue weighted by molar-refractivity contribution is 9.10. The number of nitrogens with one attached hydrogen (secondary N) is 2. The van der Waals surface area contributed by atoms with E-state index in [0.717, 1.165) is 32.4 Å². The van der Waals surface area contributed by atoms with Crippen molar-refractivity contribution >= 4 is 27.5 Å². The fraction of sp³-hybridized carbons (Fsp3) is 0.500. The van der Waals surface area contributed by atoms with Crippen molar-refractivity contribution in [2.75, 3.05) is 18.4 Å². The molecule has 1 aromatic carbocycles. The first-order valence-corrected chi connectivity index (χ1v) is 7.40. The molecule has 1 saturated heterocycles. The first-order valence-electron chi connectivity index (χ1n) is 6.61. The van der Waals surface area contributed by atoms with E-state index in [2.05, 4.69) is 26.6 Å². The first-order chi connectivity index (χ1) is 9.15. The van der Waals surface area contributed by atoms with Gasteiger partial charge in [-0.25, -0.2) is 4.39 Å². The van der Waals surface area contributed by atoms with Crippen LogP contribution in [0.2, 0.25) is 0 Å². The summed E-state index contributed by atoms with van der Waals surface area (Å²) in [5, 5.41) is 6.11. The summed E-state index contributed by atoms with van der Waals surface area (Å²) in [7, 11) is 0. The van der Waals surface area contributed by atoms with E-state index in [9.17, 15) is 9.18 Å². The van der Waals surface area contributed by atoms with E-state index in [4.69, 9.17) is 0 Å². The molecule has 0 saturated carbocycles. The van der Waals surface area contributed by atoms with Crippen molar-refractivity contribution in [2.45, 2.75) is 25.7 Å². The smallest absolute Gasteiger partial charge is 0.224 e. The van der Waals surface area contributed by atoms with Gasteiger partial charge in [-0.05, 0) is 72.4 Å². The molecule has 5 heteroatoms. The highest BCUT2D eigenvalue weighted by Crippen LogP contribution is 2.21. The highest BCUT2D eigenvalue weighted by Gasteiger charge is 2.14. The second-order valence-corrected chi connectivity index (χ2v) is 5.76. The van der Waals surface area contributed by atoms with Crippen molar-refractivity contribution in [3.8, 4) is 0 Å². The summed E-state index contributed by atoms with van der Waals surface area (Å²) in [6.45, 7) is 2.11. The predicted octanol–water partition coefficient (Wildman–Crippen LogP) is 3.31. The predicted molar refractivity (Wildman–Crippen MR) is 77.6 cm³/mol. The van der Waals surface area contributed by atoms with Crippen LogP contribution in [0.4, 0.5) is 10.1 Å². The van der Waals surface area contributed by atoms with Gasteiger partial charge in [-0.15, -0.1) is 0 Å². The Labute approximate surface area is 121 Å². The van der Waals surface area contributed by atoms with Crippen LogP contribution in [0.3, 0.4) is 0 Å². The van der Waals surface area contributed by atoms with Gasteiger partial charge < -0.3 is 10.6 Å². The van der Waals surface area contributed by atoms with Gasteiger partial charge in [0.2, 0.25) is 5.91 Å². The van der Waals surface area contributed by atoms with Crippen LogP contribution in [0.25, 0.3) is 0 Å². The third-order valence-corrected chi connectivity index (χ3v) is 4.05. The highest BCUT2D eigenvalue weighted by atomic mass is 79.9. The van der Waals surface area contributed by atoms with Crippen LogP contribution in [0.5, 0.6) is 0 Å². The minimum Gasteiger partial charge on any atom is -0.326 e. The lowest BCUT2D eigenvalue weighted by atomic mass is 9.93. The van der Waals surface area contributed by atoms with Gasteiger partial charge in [0.25, 0.3) is 0 Å². The van der Waals surface area contributed by atoms with E-state index < -0.39 is 0 Å². The average molecular weight is 329 g/mol. The SMILES string of the molecule is O=C(CCC1CCNCC1)Nc1ccc(F)c(Br)c1. The summed E-state index contributed by atoms with van der Waals surface area (Å²) in [6.07, 6.45) is 3.75. The van der Waals surface area contributed by atoms with Crippen molar-refractivity contribution in [1.82, 2.24) is 5.32 Å². The number of rotatable bonds is 4. The van der Waals surface area contributed by atoms with Crippen LogP contribution in [-0.4, -0.2) is 19.0 Å². The van der Waals surface area contributed by atoms with Gasteiger partial charge >= 0.3 is 0 Å². The molecule has 0 aliphatic carbocycles. The molecule has 1 fully saturated rings. The van der Waals surface area contributed by atoms with Gasteiger partial charge in [-0.3, -0.25) is 4.79 Å². The zero-order valence-electron chi connectivity index (χ0n) is 10.7. The molecule has 1 heterocycles. The van der Waals surface area contributed by atoms with E-state index in [-0.39, 0.29) is 11.7 Å². The molecule has 0 radical (unpaired) electrons. The fourth-order valence-electron chi connectivity index (χ4n) is 2.30. The molecule has 0 unspecified atom stereocenters. The largest absolute Gasteiger partial charge is 0.326 e. The molecule has 104 valence electrons. The Morgan fingerprint density at radius 3 is 2.84 bits per heavy atom. The maximum absolute atomic E-state index is 13.1. The molecular weight excluding hydrogens is 311 g/mol. The molecule has 0 atom stereocenters. The molecule has 1 amide bonds. The monoisotopic (exact) mass is 328 g/mol. The zero-order chi connectivity index (χ0) is 13.7. The molecule has 19 heavy (non-hydrogen) atoms. The maximum Gasteiger partial charge on any atom is 0.224 e. The number of piperidine rings is 1. The number of benzene rings is 1. The van der Waals surface area contributed by atoms with E-state index in [1.165, 1.54) is 6.07 Å². The zero-order valence-corrected chi connectivity index (χ0v) is 12.3. The minimum absolute atomic E-state index is 0.00274. The van der Waals surface area contributed by atoms with Gasteiger partial charge in [-0.1, -0.05) is 0 Å². The summed E-state index contributed by atoms with van der Waals surface area (Å²) in [5.74, 6) is 0.316. The van der Waals surface area contributed by atoms with Crippen LogP contribution in [0.15, 0.2) is 22.7 Å². The Morgan fingerprint density at radius 2 is 2.16 bits per heavy atom. The molecule has 0 spiro atoms. The second-order valence-electron chi connectivity index (χ2n) is 4.91. The van der Waals surface area contributed by atoms with Gasteiger partial charge in [0.1, 0.15) is 5.82 Å². The van der Waals surface area contributed by atoms with Gasteiger partial charge in [0.05, 0.1) is 4.47 Å². The van der Waals surface area contributed by atoms with Crippen molar-refractivity contribution in [2.24, 2.45) is 5.92 Å². The summed E-state index contributed by atoms with van der Waals surface area (Å²) in [5.41, 5.74) is 0.628. The Kier molecular flexibility index (Phi) is 5.34. The summed E-state index contributed by atoms with van der Waals surface area (Å²) >= 11 is 3.10. The van der Waals surface area contributed by atoms with Crippen LogP contribution in [-0.2, 0) is 4.79 Å². The average Bonchev–Trinajstić information content (AvgIpc) is 2.42. The summed E-state index contributed by atoms with van der Waals surface area (Å²) in [4.78, 5) is 11.8. The van der Waals surface area contributed by atoms with Crippen LogP contribution in [0.1, 0.15) is 25.7 Å². The standard InChI is InChI=1S/C14H18BrFN2O/c15-12-9-11(2-3-13(12)16)18-14(19)4-1-10-5-7-17-8-6-10/h2-3,9-10,17H,1,4-8H2,(H,18,19). The quantitative estimate of drug-likeness (QED) is 0.890. The van der Waals surface area contributed by atoms with Crippen molar-refractivity contribution < 1.29 is 9.18 Å². The number of hydrogen-bond donors (Lipinski definition) is 2. The molecule has 3 nitrogen and oxygen atoms in total. The topological polar surface area (TPSA) is 41.1 Å². The van der Waals surface area contributed by atoms with Crippen molar-refractivity contribution in [3.63, 3.8) is 0 Å². The van der Waals surface area contributed by atoms with Gasteiger partial charge in [0, 0.05) is 12.1 Å². The number of carbonyl (C=O) groups is 1. The van der Waals surface area contributed by atoms with E-state index in [0.29, 0.717) is 22.5 Å². The fourth-order valence-corrected chi connectivity index (χ4v) is 2.68. The minimum atomic E-state index is -0.326. The molecule has 1 aliphatic rings. The molecule has 0 bridgehead atoms. The lowest BCUT2D eigenvalue weighted by molar-refractivity contribution is -0.116. The van der Waals surface area contributed by atoms with Gasteiger partial charge in [0.15, 0.2) is 0 Å². The molecule has 2 N–H and O–H groups in total. The Bertz CT molecular complexity index is 447. The van der Waals surface area contributed by atoms with Crippen molar-refractivity contribution in [1.29, 1.82) is 0 Å². The molecule has 1 aliphatic heterocycles. The number of anilines is 1. The number of hydrogen-bond acceptors (Lipinski definition) is 2. The molecule has 2 rings (SSSR count). The molecule has 1 aromatic rings. The lowest BCUT2D eigenvalue weighted by Gasteiger charge is -2.22.